The van der Waals surface area contributed by atoms with Gasteiger partial charge >= 0.3 is 0 Å². The van der Waals surface area contributed by atoms with E-state index in [2.05, 4.69) is 27.5 Å². The molecule has 0 radical (unpaired) electrons. The fourth-order valence-corrected chi connectivity index (χ4v) is 4.57. The van der Waals surface area contributed by atoms with Gasteiger partial charge in [0, 0.05) is 15.7 Å². The number of thiophene rings is 1. The van der Waals surface area contributed by atoms with Crippen LogP contribution in [0.2, 0.25) is 0 Å². The minimum atomic E-state index is 0.277. The number of fused-ring (bicyclic) bond motifs is 2. The van der Waals surface area contributed by atoms with Gasteiger partial charge in [-0.25, -0.2) is 0 Å². The van der Waals surface area contributed by atoms with Crippen molar-refractivity contribution in [1.82, 2.24) is 4.90 Å². The molecular formula is C11H12INOS. The van der Waals surface area contributed by atoms with Crippen molar-refractivity contribution < 1.29 is 4.79 Å². The third-order valence-electron chi connectivity index (χ3n) is 3.50. The molecule has 3 rings (SSSR count). The summed E-state index contributed by atoms with van der Waals surface area (Å²) in [6.45, 7) is 0. The molecule has 2 saturated heterocycles. The predicted octanol–water partition coefficient (Wildman–Crippen LogP) is 3.12. The van der Waals surface area contributed by atoms with Crippen LogP contribution in [-0.2, 0) is 0 Å². The van der Waals surface area contributed by atoms with Gasteiger partial charge in [0.15, 0.2) is 0 Å². The average molecular weight is 333 g/mol. The fraction of sp³-hybridized carbons (Fsp3) is 0.545. The first-order valence-electron chi connectivity index (χ1n) is 5.33. The molecular weight excluding hydrogens is 321 g/mol. The lowest BCUT2D eigenvalue weighted by molar-refractivity contribution is 0.0734. The van der Waals surface area contributed by atoms with Crippen LogP contribution in [0, 0.1) is 3.57 Å². The van der Waals surface area contributed by atoms with Gasteiger partial charge in [0.1, 0.15) is 4.88 Å². The summed E-state index contributed by atoms with van der Waals surface area (Å²) in [7, 11) is 0. The second-order valence-corrected chi connectivity index (χ2v) is 6.35. The van der Waals surface area contributed by atoms with E-state index in [0.29, 0.717) is 12.1 Å². The van der Waals surface area contributed by atoms with Crippen molar-refractivity contribution in [3.8, 4) is 0 Å². The molecule has 2 nitrogen and oxygen atoms in total. The SMILES string of the molecule is O=C(c1sccc1I)N1C2CCC1CC2. The minimum Gasteiger partial charge on any atom is -0.332 e. The van der Waals surface area contributed by atoms with E-state index in [1.807, 2.05) is 11.4 Å². The van der Waals surface area contributed by atoms with Gasteiger partial charge < -0.3 is 4.90 Å². The van der Waals surface area contributed by atoms with Gasteiger partial charge in [-0.1, -0.05) is 0 Å². The van der Waals surface area contributed by atoms with Gasteiger partial charge in [-0.2, -0.15) is 0 Å². The van der Waals surface area contributed by atoms with E-state index >= 15 is 0 Å². The second kappa shape index (κ2) is 3.73. The van der Waals surface area contributed by atoms with Gasteiger partial charge in [0.2, 0.25) is 0 Å². The Bertz CT molecular complexity index is 383. The zero-order valence-corrected chi connectivity index (χ0v) is 11.3. The molecule has 2 fully saturated rings. The average Bonchev–Trinajstić information content (AvgIpc) is 2.91. The highest BCUT2D eigenvalue weighted by Crippen LogP contribution is 2.39. The number of hydrogen-bond donors (Lipinski definition) is 0. The number of carbonyl (C=O) groups is 1. The molecule has 2 bridgehead atoms. The molecule has 1 amide bonds. The topological polar surface area (TPSA) is 20.3 Å². The summed E-state index contributed by atoms with van der Waals surface area (Å²) in [6, 6.07) is 3.11. The lowest BCUT2D eigenvalue weighted by Gasteiger charge is -2.21. The molecule has 0 saturated carbocycles. The van der Waals surface area contributed by atoms with E-state index in [1.165, 1.54) is 25.7 Å². The van der Waals surface area contributed by atoms with Gasteiger partial charge in [0.05, 0.1) is 0 Å². The summed E-state index contributed by atoms with van der Waals surface area (Å²) in [4.78, 5) is 15.4. The predicted molar refractivity (Wildman–Crippen MR) is 69.2 cm³/mol. The minimum absolute atomic E-state index is 0.277. The fourth-order valence-electron chi connectivity index (χ4n) is 2.81. The zero-order chi connectivity index (χ0) is 10.4. The molecule has 2 aliphatic rings. The van der Waals surface area contributed by atoms with Crippen LogP contribution in [0.15, 0.2) is 11.4 Å². The summed E-state index contributed by atoms with van der Waals surface area (Å²) in [5, 5.41) is 2.01. The molecule has 0 aliphatic carbocycles. The van der Waals surface area contributed by atoms with Crippen LogP contribution in [0.4, 0.5) is 0 Å². The molecule has 3 heterocycles. The standard InChI is InChI=1S/C11H12INOS/c12-9-5-6-15-10(9)11(14)13-7-1-2-8(13)4-3-7/h5-8H,1-4H2. The van der Waals surface area contributed by atoms with Crippen molar-refractivity contribution in [2.45, 2.75) is 37.8 Å². The van der Waals surface area contributed by atoms with Gasteiger partial charge in [-0.15, -0.1) is 11.3 Å². The summed E-state index contributed by atoms with van der Waals surface area (Å²) >= 11 is 3.83. The van der Waals surface area contributed by atoms with E-state index < -0.39 is 0 Å². The maximum Gasteiger partial charge on any atom is 0.265 e. The van der Waals surface area contributed by atoms with Crippen LogP contribution in [0.5, 0.6) is 0 Å². The van der Waals surface area contributed by atoms with Gasteiger partial charge in [0.25, 0.3) is 5.91 Å². The van der Waals surface area contributed by atoms with Crippen molar-refractivity contribution in [3.63, 3.8) is 0 Å². The Balaban J connectivity index is 1.90. The monoisotopic (exact) mass is 333 g/mol. The first-order valence-corrected chi connectivity index (χ1v) is 7.29. The Morgan fingerprint density at radius 2 is 1.93 bits per heavy atom. The molecule has 0 aromatic carbocycles. The molecule has 1 aromatic rings. The van der Waals surface area contributed by atoms with Crippen molar-refractivity contribution >= 4 is 39.8 Å². The number of amides is 1. The summed E-state index contributed by atoms with van der Waals surface area (Å²) in [5.41, 5.74) is 0. The molecule has 15 heavy (non-hydrogen) atoms. The van der Waals surface area contributed by atoms with E-state index in [9.17, 15) is 4.79 Å². The van der Waals surface area contributed by atoms with Crippen LogP contribution in [0.3, 0.4) is 0 Å². The molecule has 80 valence electrons. The number of nitrogens with zero attached hydrogens (tertiary/aromatic N) is 1. The molecule has 0 spiro atoms. The van der Waals surface area contributed by atoms with Crippen molar-refractivity contribution in [1.29, 1.82) is 0 Å². The normalized spacial score (nSPS) is 28.7. The lowest BCUT2D eigenvalue weighted by Crippen LogP contribution is -2.34. The Labute approximate surface area is 107 Å². The second-order valence-electron chi connectivity index (χ2n) is 4.27. The maximum atomic E-state index is 12.3. The van der Waals surface area contributed by atoms with Crippen LogP contribution in [-0.4, -0.2) is 22.9 Å². The van der Waals surface area contributed by atoms with Crippen LogP contribution >= 0.6 is 33.9 Å². The number of halogens is 1. The largest absolute Gasteiger partial charge is 0.332 e. The van der Waals surface area contributed by atoms with Crippen molar-refractivity contribution in [2.75, 3.05) is 0 Å². The Morgan fingerprint density at radius 3 is 2.40 bits per heavy atom. The molecule has 0 atom stereocenters. The third kappa shape index (κ3) is 1.53. The summed E-state index contributed by atoms with van der Waals surface area (Å²) in [5.74, 6) is 0.277. The first kappa shape index (κ1) is 10.1. The summed E-state index contributed by atoms with van der Waals surface area (Å²) < 4.78 is 1.11. The summed E-state index contributed by atoms with van der Waals surface area (Å²) in [6.07, 6.45) is 4.88. The smallest absolute Gasteiger partial charge is 0.265 e. The molecule has 0 N–H and O–H groups in total. The number of rotatable bonds is 1. The quantitative estimate of drug-likeness (QED) is 0.723. The Kier molecular flexibility index (Phi) is 2.51. The highest BCUT2D eigenvalue weighted by atomic mass is 127. The lowest BCUT2D eigenvalue weighted by atomic mass is 10.0. The van der Waals surface area contributed by atoms with Crippen molar-refractivity contribution in [2.24, 2.45) is 0 Å². The van der Waals surface area contributed by atoms with Crippen LogP contribution in [0.25, 0.3) is 0 Å². The number of hydrogen-bond acceptors (Lipinski definition) is 2. The molecule has 1 aromatic heterocycles. The van der Waals surface area contributed by atoms with Crippen molar-refractivity contribution in [3.05, 3.63) is 19.9 Å². The number of carbonyl (C=O) groups excluding carboxylic acids is 1. The zero-order valence-electron chi connectivity index (χ0n) is 8.28. The Morgan fingerprint density at radius 1 is 1.33 bits per heavy atom. The molecule has 2 aliphatic heterocycles. The molecule has 0 unspecified atom stereocenters. The van der Waals surface area contributed by atoms with E-state index in [-0.39, 0.29) is 5.91 Å². The van der Waals surface area contributed by atoms with E-state index in [1.54, 1.807) is 11.3 Å². The highest BCUT2D eigenvalue weighted by Gasteiger charge is 2.42. The highest BCUT2D eigenvalue weighted by molar-refractivity contribution is 14.1. The van der Waals surface area contributed by atoms with Crippen LogP contribution < -0.4 is 0 Å². The van der Waals surface area contributed by atoms with Crippen LogP contribution in [0.1, 0.15) is 35.4 Å². The van der Waals surface area contributed by atoms with E-state index in [0.717, 1.165) is 8.45 Å². The first-order chi connectivity index (χ1) is 7.27. The Hall–Kier alpha value is -0.100. The van der Waals surface area contributed by atoms with Gasteiger partial charge in [-0.05, 0) is 59.7 Å². The van der Waals surface area contributed by atoms with Gasteiger partial charge in [-0.3, -0.25) is 4.79 Å². The molecule has 4 heteroatoms. The maximum absolute atomic E-state index is 12.3. The third-order valence-corrected chi connectivity index (χ3v) is 5.67. The van der Waals surface area contributed by atoms with E-state index in [4.69, 9.17) is 0 Å².